The fourth-order valence-corrected chi connectivity index (χ4v) is 2.46. The van der Waals surface area contributed by atoms with Crippen LogP contribution in [0.4, 0.5) is 13.2 Å². The number of nitrogens with one attached hydrogen (secondary N) is 1. The Morgan fingerprint density at radius 3 is 2.76 bits per heavy atom. The van der Waals surface area contributed by atoms with Crippen molar-refractivity contribution in [2.24, 2.45) is 0 Å². The lowest BCUT2D eigenvalue weighted by molar-refractivity contribution is -0.138. The molecular formula is C13H12BrF3N4. The monoisotopic (exact) mass is 360 g/mol. The second kappa shape index (κ2) is 5.42. The highest BCUT2D eigenvalue weighted by Crippen LogP contribution is 2.36. The first-order chi connectivity index (χ1) is 9.95. The summed E-state index contributed by atoms with van der Waals surface area (Å²) in [6.45, 7) is 0.537. The fraction of sp³-hybridized carbons (Fsp3) is 0.385. The smallest absolute Gasteiger partial charge is 0.308 e. The number of hydrogen-bond acceptors (Lipinski definition) is 3. The number of nitrogens with zero attached hydrogens (tertiary/aromatic N) is 3. The van der Waals surface area contributed by atoms with Gasteiger partial charge in [0.25, 0.3) is 0 Å². The molecule has 0 bridgehead atoms. The van der Waals surface area contributed by atoms with E-state index in [0.717, 1.165) is 24.6 Å². The molecule has 0 amide bonds. The average Bonchev–Trinajstić information content (AvgIpc) is 3.13. The van der Waals surface area contributed by atoms with Crippen LogP contribution >= 0.6 is 15.9 Å². The van der Waals surface area contributed by atoms with Crippen molar-refractivity contribution in [1.82, 2.24) is 20.3 Å². The van der Waals surface area contributed by atoms with E-state index >= 15 is 0 Å². The van der Waals surface area contributed by atoms with Crippen molar-refractivity contribution in [2.45, 2.75) is 31.6 Å². The highest BCUT2D eigenvalue weighted by atomic mass is 79.9. The van der Waals surface area contributed by atoms with E-state index in [2.05, 4.69) is 31.6 Å². The molecule has 3 rings (SSSR count). The Labute approximate surface area is 127 Å². The summed E-state index contributed by atoms with van der Waals surface area (Å²) in [5, 5.41) is 11.0. The van der Waals surface area contributed by atoms with Gasteiger partial charge in [0.1, 0.15) is 0 Å². The molecule has 4 nitrogen and oxygen atoms in total. The van der Waals surface area contributed by atoms with E-state index in [4.69, 9.17) is 0 Å². The summed E-state index contributed by atoms with van der Waals surface area (Å²) in [5.41, 5.74) is 0.351. The molecule has 0 unspecified atom stereocenters. The lowest BCUT2D eigenvalue weighted by atomic mass is 10.2. The quantitative estimate of drug-likeness (QED) is 0.909. The van der Waals surface area contributed by atoms with Gasteiger partial charge < -0.3 is 5.32 Å². The third kappa shape index (κ3) is 3.26. The third-order valence-electron chi connectivity index (χ3n) is 3.27. The average molecular weight is 361 g/mol. The minimum Gasteiger partial charge on any atom is -0.308 e. The normalized spacial score (nSPS) is 15.4. The Bertz CT molecular complexity index is 649. The Morgan fingerprint density at radius 2 is 2.10 bits per heavy atom. The summed E-state index contributed by atoms with van der Waals surface area (Å²) < 4.78 is 40.3. The molecule has 1 fully saturated rings. The summed E-state index contributed by atoms with van der Waals surface area (Å²) in [7, 11) is 0. The van der Waals surface area contributed by atoms with Gasteiger partial charge in [-0.05, 0) is 31.0 Å². The second-order valence-corrected chi connectivity index (χ2v) is 5.81. The van der Waals surface area contributed by atoms with E-state index in [0.29, 0.717) is 18.3 Å². The molecule has 1 aliphatic rings. The zero-order chi connectivity index (χ0) is 15.0. The zero-order valence-electron chi connectivity index (χ0n) is 10.9. The van der Waals surface area contributed by atoms with Crippen molar-refractivity contribution in [3.05, 3.63) is 40.1 Å². The van der Waals surface area contributed by atoms with Crippen molar-refractivity contribution in [2.75, 3.05) is 0 Å². The van der Waals surface area contributed by atoms with Gasteiger partial charge in [-0.25, -0.2) is 4.68 Å². The number of alkyl halides is 3. The summed E-state index contributed by atoms with van der Waals surface area (Å²) in [6.07, 6.45) is -0.581. The summed E-state index contributed by atoms with van der Waals surface area (Å²) in [4.78, 5) is 0. The van der Waals surface area contributed by atoms with Crippen LogP contribution in [0.25, 0.3) is 5.69 Å². The van der Waals surface area contributed by atoms with Crippen LogP contribution in [0, 0.1) is 0 Å². The number of hydrogen-bond donors (Lipinski definition) is 1. The van der Waals surface area contributed by atoms with Crippen molar-refractivity contribution in [3.63, 3.8) is 0 Å². The van der Waals surface area contributed by atoms with Gasteiger partial charge in [-0.1, -0.05) is 21.1 Å². The SMILES string of the molecule is FC(F)(F)c1cc(-n2nncc2CNC2CC2)ccc1Br. The molecule has 112 valence electrons. The summed E-state index contributed by atoms with van der Waals surface area (Å²) >= 11 is 2.93. The van der Waals surface area contributed by atoms with Gasteiger partial charge in [0.2, 0.25) is 0 Å². The molecule has 0 aliphatic heterocycles. The van der Waals surface area contributed by atoms with Crippen molar-refractivity contribution < 1.29 is 13.2 Å². The Balaban J connectivity index is 1.91. The summed E-state index contributed by atoms with van der Waals surface area (Å²) in [6, 6.07) is 4.52. The maximum atomic E-state index is 12.9. The topological polar surface area (TPSA) is 42.7 Å². The van der Waals surface area contributed by atoms with Crippen LogP contribution in [0.5, 0.6) is 0 Å². The molecule has 1 aliphatic carbocycles. The standard InChI is InChI=1S/C13H12BrF3N4/c14-12-4-3-9(5-11(12)13(15,16)17)21-10(7-19-20-21)6-18-8-1-2-8/h3-5,7-8,18H,1-2,6H2. The highest BCUT2D eigenvalue weighted by molar-refractivity contribution is 9.10. The largest absolute Gasteiger partial charge is 0.417 e. The van der Waals surface area contributed by atoms with Crippen LogP contribution < -0.4 is 5.32 Å². The van der Waals surface area contributed by atoms with Gasteiger partial charge in [0, 0.05) is 17.1 Å². The Hall–Kier alpha value is -1.41. The third-order valence-corrected chi connectivity index (χ3v) is 3.96. The second-order valence-electron chi connectivity index (χ2n) is 4.95. The molecule has 1 aromatic heterocycles. The lowest BCUT2D eigenvalue weighted by Gasteiger charge is -2.12. The Kier molecular flexibility index (Phi) is 3.75. The van der Waals surface area contributed by atoms with Gasteiger partial charge in [-0.2, -0.15) is 13.2 Å². The van der Waals surface area contributed by atoms with Gasteiger partial charge >= 0.3 is 6.18 Å². The molecule has 21 heavy (non-hydrogen) atoms. The minimum atomic E-state index is -4.41. The highest BCUT2D eigenvalue weighted by Gasteiger charge is 2.33. The van der Waals surface area contributed by atoms with Gasteiger partial charge in [-0.3, -0.25) is 0 Å². The van der Waals surface area contributed by atoms with Crippen LogP contribution in [0.2, 0.25) is 0 Å². The number of rotatable bonds is 4. The van der Waals surface area contributed by atoms with Crippen molar-refractivity contribution >= 4 is 15.9 Å². The first kappa shape index (κ1) is 14.5. The molecule has 1 N–H and O–H groups in total. The van der Waals surface area contributed by atoms with Gasteiger partial charge in [0.15, 0.2) is 0 Å². The molecule has 0 saturated heterocycles. The van der Waals surface area contributed by atoms with Gasteiger partial charge in [-0.15, -0.1) is 5.10 Å². The maximum Gasteiger partial charge on any atom is 0.417 e. The van der Waals surface area contributed by atoms with Crippen molar-refractivity contribution in [3.8, 4) is 5.69 Å². The molecule has 0 radical (unpaired) electrons. The van der Waals surface area contributed by atoms with Crippen LogP contribution in [0.15, 0.2) is 28.9 Å². The number of aromatic nitrogens is 3. The van der Waals surface area contributed by atoms with E-state index in [1.165, 1.54) is 10.7 Å². The first-order valence-electron chi connectivity index (χ1n) is 6.45. The molecule has 2 aromatic rings. The molecule has 1 heterocycles. The predicted molar refractivity (Wildman–Crippen MR) is 73.9 cm³/mol. The number of benzene rings is 1. The maximum absolute atomic E-state index is 12.9. The van der Waals surface area contributed by atoms with E-state index in [-0.39, 0.29) is 4.47 Å². The number of halogens is 4. The van der Waals surface area contributed by atoms with E-state index in [9.17, 15) is 13.2 Å². The molecule has 0 atom stereocenters. The van der Waals surface area contributed by atoms with E-state index < -0.39 is 11.7 Å². The van der Waals surface area contributed by atoms with Crippen LogP contribution in [-0.2, 0) is 12.7 Å². The lowest BCUT2D eigenvalue weighted by Crippen LogP contribution is -2.18. The van der Waals surface area contributed by atoms with Crippen LogP contribution in [0.3, 0.4) is 0 Å². The molecular weight excluding hydrogens is 349 g/mol. The van der Waals surface area contributed by atoms with E-state index in [1.54, 1.807) is 12.3 Å². The summed E-state index contributed by atoms with van der Waals surface area (Å²) in [5.74, 6) is 0. The molecule has 1 saturated carbocycles. The predicted octanol–water partition coefficient (Wildman–Crippen LogP) is 3.30. The molecule has 0 spiro atoms. The zero-order valence-corrected chi connectivity index (χ0v) is 12.4. The van der Waals surface area contributed by atoms with Crippen LogP contribution in [0.1, 0.15) is 24.1 Å². The van der Waals surface area contributed by atoms with Gasteiger partial charge in [0.05, 0.1) is 23.1 Å². The Morgan fingerprint density at radius 1 is 1.33 bits per heavy atom. The van der Waals surface area contributed by atoms with E-state index in [1.807, 2.05) is 0 Å². The first-order valence-corrected chi connectivity index (χ1v) is 7.24. The molecule has 1 aromatic carbocycles. The molecule has 8 heteroatoms. The van der Waals surface area contributed by atoms with Crippen molar-refractivity contribution in [1.29, 1.82) is 0 Å². The minimum absolute atomic E-state index is 0.0107. The fourth-order valence-electron chi connectivity index (χ4n) is 1.99. The van der Waals surface area contributed by atoms with Crippen LogP contribution in [-0.4, -0.2) is 21.0 Å².